The molecule has 362 valence electrons. The van der Waals surface area contributed by atoms with E-state index in [1.54, 1.807) is 0 Å². The van der Waals surface area contributed by atoms with E-state index in [9.17, 15) is 0 Å². The maximum atomic E-state index is 7.39. The summed E-state index contributed by atoms with van der Waals surface area (Å²) in [4.78, 5) is 0. The molecule has 0 radical (unpaired) electrons. The summed E-state index contributed by atoms with van der Waals surface area (Å²) in [6.07, 6.45) is 13.3. The zero-order valence-corrected chi connectivity index (χ0v) is 41.5. The van der Waals surface area contributed by atoms with Crippen molar-refractivity contribution in [1.29, 1.82) is 0 Å². The second kappa shape index (κ2) is 22.6. The van der Waals surface area contributed by atoms with Crippen molar-refractivity contribution in [2.24, 2.45) is 52.3 Å². The molecule has 5 aliphatic rings. The molecule has 0 unspecified atom stereocenters. The van der Waals surface area contributed by atoms with Gasteiger partial charge in [0.05, 0.1) is 39.1 Å². The van der Waals surface area contributed by atoms with Gasteiger partial charge in [-0.05, 0) is 132 Å². The molecule has 67 heavy (non-hydrogen) atoms. The summed E-state index contributed by atoms with van der Waals surface area (Å²) in [6, 6.07) is 41.6. The van der Waals surface area contributed by atoms with E-state index in [0.717, 1.165) is 70.6 Å². The molecule has 0 N–H and O–H groups in total. The van der Waals surface area contributed by atoms with E-state index in [1.807, 2.05) is 18.2 Å². The first-order chi connectivity index (χ1) is 32.7. The van der Waals surface area contributed by atoms with Gasteiger partial charge in [0.1, 0.15) is 24.4 Å². The van der Waals surface area contributed by atoms with Crippen LogP contribution in [0.3, 0.4) is 0 Å². The van der Waals surface area contributed by atoms with Crippen molar-refractivity contribution < 1.29 is 28.4 Å². The lowest BCUT2D eigenvalue weighted by Gasteiger charge is -2.61. The lowest BCUT2D eigenvalue weighted by atomic mass is 9.44. The lowest BCUT2D eigenvalue weighted by Crippen LogP contribution is -2.62. The number of benzene rings is 4. The number of rotatable bonds is 20. The largest absolute Gasteiger partial charge is 0.374 e. The molecule has 6 nitrogen and oxygen atoms in total. The summed E-state index contributed by atoms with van der Waals surface area (Å²) in [5.41, 5.74) is 5.28. The Morgan fingerprint density at radius 3 is 1.69 bits per heavy atom. The average molecular weight is 911 g/mol. The lowest BCUT2D eigenvalue weighted by molar-refractivity contribution is -0.340. The molecule has 4 saturated carbocycles. The normalized spacial score (nSPS) is 34.3. The van der Waals surface area contributed by atoms with Crippen LogP contribution in [0.2, 0.25) is 0 Å². The van der Waals surface area contributed by atoms with E-state index in [-0.39, 0.29) is 6.10 Å². The number of hydrogen-bond acceptors (Lipinski definition) is 6. The third kappa shape index (κ3) is 11.5. The fourth-order valence-electron chi connectivity index (χ4n) is 14.4. The summed E-state index contributed by atoms with van der Waals surface area (Å²) in [7, 11) is 0. The first-order valence-corrected chi connectivity index (χ1v) is 26.6. The fraction of sp³-hybridized carbons (Fsp3) is 0.607. The van der Waals surface area contributed by atoms with E-state index >= 15 is 0 Å². The van der Waals surface area contributed by atoms with Gasteiger partial charge in [0.2, 0.25) is 0 Å². The Balaban J connectivity index is 0.946. The highest BCUT2D eigenvalue weighted by Crippen LogP contribution is 2.68. The molecule has 0 bridgehead atoms. The van der Waals surface area contributed by atoms with E-state index in [0.29, 0.717) is 49.8 Å². The Bertz CT molecular complexity index is 2060. The molecule has 4 aromatic rings. The van der Waals surface area contributed by atoms with E-state index in [1.165, 1.54) is 64.2 Å². The number of fused-ring (bicyclic) bond motifs is 5. The van der Waals surface area contributed by atoms with Crippen LogP contribution >= 0.6 is 0 Å². The Morgan fingerprint density at radius 2 is 1.09 bits per heavy atom. The van der Waals surface area contributed by atoms with Crippen LogP contribution in [0.4, 0.5) is 0 Å². The molecule has 0 amide bonds. The minimum atomic E-state index is -0.662. The third-order valence-electron chi connectivity index (χ3n) is 18.0. The summed E-state index contributed by atoms with van der Waals surface area (Å²) < 4.78 is 42.2. The Labute approximate surface area is 404 Å². The van der Waals surface area contributed by atoms with Gasteiger partial charge in [-0.15, -0.1) is 0 Å². The molecule has 6 heteroatoms. The highest BCUT2D eigenvalue weighted by Gasteiger charge is 2.61. The number of ether oxygens (including phenoxy) is 6. The van der Waals surface area contributed by atoms with E-state index in [2.05, 4.69) is 138 Å². The fourth-order valence-corrected chi connectivity index (χ4v) is 14.4. The van der Waals surface area contributed by atoms with Crippen molar-refractivity contribution >= 4 is 0 Å². The minimum Gasteiger partial charge on any atom is -0.374 e. The Kier molecular flexibility index (Phi) is 16.4. The number of hydrogen-bond donors (Lipinski definition) is 0. The molecule has 1 aliphatic heterocycles. The zero-order chi connectivity index (χ0) is 46.2. The van der Waals surface area contributed by atoms with Gasteiger partial charge in [-0.2, -0.15) is 0 Å². The van der Waals surface area contributed by atoms with Crippen LogP contribution in [0.1, 0.15) is 134 Å². The molecule has 9 rings (SSSR count). The van der Waals surface area contributed by atoms with Crippen LogP contribution in [0.15, 0.2) is 121 Å². The molecule has 4 aliphatic carbocycles. The molecule has 14 atom stereocenters. The second-order valence-electron chi connectivity index (χ2n) is 22.5. The molecule has 0 aromatic heterocycles. The van der Waals surface area contributed by atoms with Gasteiger partial charge >= 0.3 is 0 Å². The van der Waals surface area contributed by atoms with Gasteiger partial charge < -0.3 is 28.4 Å². The Hall–Kier alpha value is -3.36. The highest BCUT2D eigenvalue weighted by atomic mass is 16.7. The van der Waals surface area contributed by atoms with Crippen LogP contribution in [-0.2, 0) is 54.8 Å². The molecule has 1 saturated heterocycles. The maximum absolute atomic E-state index is 7.39. The van der Waals surface area contributed by atoms with Crippen LogP contribution in [0, 0.1) is 52.3 Å². The first kappa shape index (κ1) is 48.7. The van der Waals surface area contributed by atoms with Gasteiger partial charge in [-0.3, -0.25) is 0 Å². The summed E-state index contributed by atoms with van der Waals surface area (Å²) in [5, 5.41) is 0. The molecular formula is C61H82O6. The predicted octanol–water partition coefficient (Wildman–Crippen LogP) is 14.2. The molecule has 1 heterocycles. The van der Waals surface area contributed by atoms with Crippen LogP contribution in [0.5, 0.6) is 0 Å². The second-order valence-corrected chi connectivity index (χ2v) is 22.5. The zero-order valence-electron chi connectivity index (χ0n) is 41.5. The molecular weight excluding hydrogens is 829 g/mol. The first-order valence-electron chi connectivity index (χ1n) is 26.6. The monoisotopic (exact) mass is 911 g/mol. The third-order valence-corrected chi connectivity index (χ3v) is 18.0. The summed E-state index contributed by atoms with van der Waals surface area (Å²) in [6.45, 7) is 14.8. The molecule has 0 spiro atoms. The smallest absolute Gasteiger partial charge is 0.187 e. The van der Waals surface area contributed by atoms with Crippen LogP contribution in [-0.4, -0.2) is 43.4 Å². The predicted molar refractivity (Wildman–Crippen MR) is 268 cm³/mol. The Morgan fingerprint density at radius 1 is 0.552 bits per heavy atom. The van der Waals surface area contributed by atoms with Gasteiger partial charge in [0, 0.05) is 0 Å². The van der Waals surface area contributed by atoms with E-state index in [4.69, 9.17) is 28.4 Å². The quantitative estimate of drug-likeness (QED) is 0.0824. The van der Waals surface area contributed by atoms with Gasteiger partial charge in [0.25, 0.3) is 0 Å². The van der Waals surface area contributed by atoms with Crippen molar-refractivity contribution in [3.8, 4) is 0 Å². The molecule has 4 aromatic carbocycles. The van der Waals surface area contributed by atoms with Crippen molar-refractivity contribution in [2.45, 2.75) is 175 Å². The summed E-state index contributed by atoms with van der Waals surface area (Å²) in [5.74, 6) is 5.77. The minimum absolute atomic E-state index is 0.0707. The maximum Gasteiger partial charge on any atom is 0.187 e. The van der Waals surface area contributed by atoms with Crippen molar-refractivity contribution in [3.05, 3.63) is 144 Å². The van der Waals surface area contributed by atoms with Crippen molar-refractivity contribution in [3.63, 3.8) is 0 Å². The van der Waals surface area contributed by atoms with Gasteiger partial charge in [0.15, 0.2) is 6.29 Å². The SMILES string of the molecule is CC(C)CCC[C@@H](C)[C@H]1CC[C@H]2[C@@H]3CC[C@H]4C[C@@H](O[C@H]5O[C@H](COCc6ccccc6)[C@@H](OCc6ccccc6)[C@H](OCc6ccccc6)[C@@H]5OCc5ccccc5)CC[C@]4(C)[C@H]3CC[C@]12C. The van der Waals surface area contributed by atoms with Crippen molar-refractivity contribution in [1.82, 2.24) is 0 Å². The van der Waals surface area contributed by atoms with Gasteiger partial charge in [-0.1, -0.05) is 175 Å². The van der Waals surface area contributed by atoms with Crippen LogP contribution in [0.25, 0.3) is 0 Å². The summed E-state index contributed by atoms with van der Waals surface area (Å²) >= 11 is 0. The molecule has 5 fully saturated rings. The topological polar surface area (TPSA) is 55.4 Å². The average Bonchev–Trinajstić information content (AvgIpc) is 3.71. The van der Waals surface area contributed by atoms with Gasteiger partial charge in [-0.25, -0.2) is 0 Å². The highest BCUT2D eigenvalue weighted by molar-refractivity contribution is 5.17. The van der Waals surface area contributed by atoms with Crippen LogP contribution < -0.4 is 0 Å². The van der Waals surface area contributed by atoms with E-state index < -0.39 is 30.7 Å². The standard InChI is InChI=1S/C61H82O6/c1-43(2)19-18-20-44(3)52-31-32-53-51-30-29-49-37-50(33-35-60(49,4)54(51)34-36-61(52,53)5)66-59-58(65-41-48-27-16-9-17-28-48)57(64-40-47-25-14-8-15-26-47)56(63-39-46-23-12-7-13-24-46)55(67-59)42-62-38-45-21-10-6-11-22-45/h6-17,21-28,43-44,49-59H,18-20,29-42H2,1-5H3/t44-,49+,50+,51+,52-,53+,54+,55-,56-,57+,58+,59+,60+,61-/m1/s1. The van der Waals surface area contributed by atoms with Crippen molar-refractivity contribution in [2.75, 3.05) is 6.61 Å².